The van der Waals surface area contributed by atoms with Crippen LogP contribution in [0.25, 0.3) is 11.4 Å². The van der Waals surface area contributed by atoms with E-state index in [1.807, 2.05) is 0 Å². The van der Waals surface area contributed by atoms with Crippen LogP contribution in [0.4, 0.5) is 18.9 Å². The summed E-state index contributed by atoms with van der Waals surface area (Å²) in [5.74, 6) is 0. The summed E-state index contributed by atoms with van der Waals surface area (Å²) >= 11 is 0. The minimum Gasteiger partial charge on any atom is -0.396 e. The van der Waals surface area contributed by atoms with Crippen molar-refractivity contribution in [1.29, 1.82) is 0 Å². The van der Waals surface area contributed by atoms with E-state index >= 15 is 0 Å². The van der Waals surface area contributed by atoms with Crippen molar-refractivity contribution in [3.8, 4) is 11.4 Å². The Labute approximate surface area is 94.9 Å². The van der Waals surface area contributed by atoms with Crippen molar-refractivity contribution in [2.24, 2.45) is 7.05 Å². The molecule has 17 heavy (non-hydrogen) atoms. The number of alkyl halides is 3. The molecule has 0 radical (unpaired) electrons. The number of aryl methyl sites for hydroxylation is 1. The van der Waals surface area contributed by atoms with Gasteiger partial charge in [-0.1, -0.05) is 0 Å². The third-order valence-corrected chi connectivity index (χ3v) is 2.30. The first-order valence-electron chi connectivity index (χ1n) is 4.70. The largest absolute Gasteiger partial charge is 0.416 e. The fourth-order valence-electron chi connectivity index (χ4n) is 1.50. The lowest BCUT2D eigenvalue weighted by molar-refractivity contribution is -0.137. The van der Waals surface area contributed by atoms with Gasteiger partial charge in [-0.05, 0) is 12.1 Å². The highest BCUT2D eigenvalue weighted by Gasteiger charge is 2.31. The lowest BCUT2D eigenvalue weighted by Gasteiger charge is -2.08. The number of rotatable bonds is 1. The maximum atomic E-state index is 12.5. The first-order chi connectivity index (χ1) is 7.89. The van der Waals surface area contributed by atoms with Crippen LogP contribution in [0.5, 0.6) is 0 Å². The van der Waals surface area contributed by atoms with Crippen molar-refractivity contribution in [1.82, 2.24) is 14.8 Å². The Morgan fingerprint density at radius 2 is 2.06 bits per heavy atom. The third kappa shape index (κ3) is 2.08. The summed E-state index contributed by atoms with van der Waals surface area (Å²) in [5.41, 5.74) is 5.68. The van der Waals surface area contributed by atoms with E-state index in [0.29, 0.717) is 11.4 Å². The van der Waals surface area contributed by atoms with Gasteiger partial charge in [0.15, 0.2) is 0 Å². The van der Waals surface area contributed by atoms with Crippen LogP contribution in [-0.4, -0.2) is 14.8 Å². The van der Waals surface area contributed by atoms with Crippen molar-refractivity contribution < 1.29 is 13.2 Å². The van der Waals surface area contributed by atoms with Crippen molar-refractivity contribution in [2.45, 2.75) is 6.18 Å². The number of nitrogens with two attached hydrogens (primary N) is 1. The minimum absolute atomic E-state index is 0.150. The van der Waals surface area contributed by atoms with Crippen LogP contribution in [0, 0.1) is 0 Å². The highest BCUT2D eigenvalue weighted by atomic mass is 19.4. The van der Waals surface area contributed by atoms with Crippen LogP contribution in [-0.2, 0) is 13.2 Å². The minimum atomic E-state index is -4.40. The van der Waals surface area contributed by atoms with Gasteiger partial charge in [0.05, 0.1) is 23.1 Å². The van der Waals surface area contributed by atoms with Crippen LogP contribution >= 0.6 is 0 Å². The molecular formula is C10H9F3N4. The molecule has 0 amide bonds. The Bertz CT molecular complexity index is 525. The lowest BCUT2D eigenvalue weighted by atomic mass is 10.2. The van der Waals surface area contributed by atoms with Crippen LogP contribution in [0.15, 0.2) is 24.5 Å². The predicted molar refractivity (Wildman–Crippen MR) is 55.9 cm³/mol. The highest BCUT2D eigenvalue weighted by molar-refractivity contribution is 5.69. The zero-order valence-corrected chi connectivity index (χ0v) is 8.86. The molecule has 2 N–H and O–H groups in total. The van der Waals surface area contributed by atoms with Gasteiger partial charge in [0.1, 0.15) is 5.69 Å². The number of anilines is 1. The van der Waals surface area contributed by atoms with Gasteiger partial charge in [-0.3, -0.25) is 9.67 Å². The number of halogens is 3. The molecule has 0 atom stereocenters. The Balaban J connectivity index is 2.55. The van der Waals surface area contributed by atoms with E-state index in [1.54, 1.807) is 7.05 Å². The molecule has 0 saturated heterocycles. The van der Waals surface area contributed by atoms with Crippen molar-refractivity contribution in [3.05, 3.63) is 30.1 Å². The van der Waals surface area contributed by atoms with E-state index in [0.717, 1.165) is 18.3 Å². The van der Waals surface area contributed by atoms with E-state index in [2.05, 4.69) is 10.1 Å². The maximum Gasteiger partial charge on any atom is 0.416 e. The Hall–Kier alpha value is -2.05. The molecule has 0 spiro atoms. The van der Waals surface area contributed by atoms with Crippen LogP contribution < -0.4 is 5.73 Å². The molecule has 0 aliphatic rings. The van der Waals surface area contributed by atoms with E-state index in [4.69, 9.17) is 5.73 Å². The summed E-state index contributed by atoms with van der Waals surface area (Å²) in [4.78, 5) is 3.88. The zero-order chi connectivity index (χ0) is 12.6. The maximum absolute atomic E-state index is 12.5. The van der Waals surface area contributed by atoms with Gasteiger partial charge in [-0.2, -0.15) is 18.3 Å². The van der Waals surface area contributed by atoms with Gasteiger partial charge >= 0.3 is 6.18 Å². The second kappa shape index (κ2) is 3.76. The smallest absolute Gasteiger partial charge is 0.396 e. The van der Waals surface area contributed by atoms with Gasteiger partial charge in [0, 0.05) is 13.2 Å². The molecule has 0 bridgehead atoms. The standard InChI is InChI=1S/C10H9F3N4/c1-17-9(7(14)5-16-17)8-4-6(2-3-15-8)10(11,12)13/h2-5H,14H2,1H3. The van der Waals surface area contributed by atoms with Crippen molar-refractivity contribution in [2.75, 3.05) is 5.73 Å². The molecule has 0 saturated carbocycles. The molecule has 7 heteroatoms. The Morgan fingerprint density at radius 3 is 2.59 bits per heavy atom. The number of hydrogen-bond donors (Lipinski definition) is 1. The second-order valence-corrected chi connectivity index (χ2v) is 3.50. The van der Waals surface area contributed by atoms with Crippen LogP contribution in [0.3, 0.4) is 0 Å². The molecule has 2 aromatic heterocycles. The van der Waals surface area contributed by atoms with Gasteiger partial charge in [0.2, 0.25) is 0 Å². The fourth-order valence-corrected chi connectivity index (χ4v) is 1.50. The normalized spacial score (nSPS) is 11.8. The molecule has 0 fully saturated rings. The van der Waals surface area contributed by atoms with E-state index < -0.39 is 11.7 Å². The van der Waals surface area contributed by atoms with E-state index in [-0.39, 0.29) is 5.69 Å². The van der Waals surface area contributed by atoms with Gasteiger partial charge in [-0.25, -0.2) is 0 Å². The molecule has 2 rings (SSSR count). The molecule has 4 nitrogen and oxygen atoms in total. The molecule has 2 aromatic rings. The average Bonchev–Trinajstić information content (AvgIpc) is 2.57. The summed E-state index contributed by atoms with van der Waals surface area (Å²) in [6, 6.07) is 1.86. The first-order valence-corrected chi connectivity index (χ1v) is 4.70. The second-order valence-electron chi connectivity index (χ2n) is 3.50. The SMILES string of the molecule is Cn1ncc(N)c1-c1cc(C(F)(F)F)ccn1. The summed E-state index contributed by atoms with van der Waals surface area (Å²) in [5, 5.41) is 3.85. The monoisotopic (exact) mass is 242 g/mol. The summed E-state index contributed by atoms with van der Waals surface area (Å²) in [6.45, 7) is 0. The Kier molecular flexibility index (Phi) is 2.53. The quantitative estimate of drug-likeness (QED) is 0.832. The van der Waals surface area contributed by atoms with E-state index in [1.165, 1.54) is 10.9 Å². The number of pyridine rings is 1. The number of hydrogen-bond acceptors (Lipinski definition) is 3. The molecule has 0 unspecified atom stereocenters. The lowest BCUT2D eigenvalue weighted by Crippen LogP contribution is -2.06. The van der Waals surface area contributed by atoms with Crippen molar-refractivity contribution >= 4 is 5.69 Å². The number of aromatic nitrogens is 3. The fraction of sp³-hybridized carbons (Fsp3) is 0.200. The van der Waals surface area contributed by atoms with Crippen LogP contribution in [0.2, 0.25) is 0 Å². The topological polar surface area (TPSA) is 56.7 Å². The third-order valence-electron chi connectivity index (χ3n) is 2.30. The molecule has 0 aromatic carbocycles. The summed E-state index contributed by atoms with van der Waals surface area (Å²) in [7, 11) is 1.59. The predicted octanol–water partition coefficient (Wildman–Crippen LogP) is 2.08. The molecule has 2 heterocycles. The van der Waals surface area contributed by atoms with E-state index in [9.17, 15) is 13.2 Å². The van der Waals surface area contributed by atoms with Crippen molar-refractivity contribution in [3.63, 3.8) is 0 Å². The molecular weight excluding hydrogens is 233 g/mol. The van der Waals surface area contributed by atoms with Gasteiger partial charge < -0.3 is 5.73 Å². The first kappa shape index (κ1) is 11.4. The summed E-state index contributed by atoms with van der Waals surface area (Å²) < 4.78 is 39.0. The Morgan fingerprint density at radius 1 is 1.35 bits per heavy atom. The van der Waals surface area contributed by atoms with Gasteiger partial charge in [0.25, 0.3) is 0 Å². The molecule has 0 aliphatic heterocycles. The highest BCUT2D eigenvalue weighted by Crippen LogP contribution is 2.32. The average molecular weight is 242 g/mol. The summed E-state index contributed by atoms with van der Waals surface area (Å²) in [6.07, 6.45) is -1.92. The van der Waals surface area contributed by atoms with Gasteiger partial charge in [-0.15, -0.1) is 0 Å². The molecule has 0 aliphatic carbocycles. The zero-order valence-electron chi connectivity index (χ0n) is 8.86. The van der Waals surface area contributed by atoms with Crippen LogP contribution in [0.1, 0.15) is 5.56 Å². The number of nitrogen functional groups attached to an aromatic ring is 1. The molecule has 90 valence electrons. The number of nitrogens with zero attached hydrogens (tertiary/aromatic N) is 3.